The smallest absolute Gasteiger partial charge is 0.248 e. The van der Waals surface area contributed by atoms with Crippen LogP contribution in [-0.4, -0.2) is 38.3 Å². The highest BCUT2D eigenvalue weighted by molar-refractivity contribution is 7.89. The lowest BCUT2D eigenvalue weighted by Crippen LogP contribution is -2.41. The molecule has 1 amide bonds. The van der Waals surface area contributed by atoms with Gasteiger partial charge < -0.3 is 11.5 Å². The minimum absolute atomic E-state index is 0.181. The minimum atomic E-state index is -3.52. The number of primary amides is 1. The van der Waals surface area contributed by atoms with Crippen LogP contribution in [0.25, 0.3) is 0 Å². The number of nitrogens with zero attached hydrogens (tertiary/aromatic N) is 1. The molecule has 1 aliphatic heterocycles. The molecular formula is C13H19N3O3S. The van der Waals surface area contributed by atoms with Crippen LogP contribution in [0.15, 0.2) is 29.2 Å². The Morgan fingerprint density at radius 2 is 1.95 bits per heavy atom. The van der Waals surface area contributed by atoms with E-state index in [-0.39, 0.29) is 10.8 Å². The van der Waals surface area contributed by atoms with E-state index in [1.165, 1.54) is 28.6 Å². The zero-order valence-corrected chi connectivity index (χ0v) is 12.0. The van der Waals surface area contributed by atoms with E-state index in [9.17, 15) is 13.2 Å². The molecule has 0 saturated carbocycles. The van der Waals surface area contributed by atoms with Gasteiger partial charge in [0, 0.05) is 18.7 Å². The zero-order chi connectivity index (χ0) is 14.8. The standard InChI is InChI=1S/C13H19N3O3S/c14-8-10-2-1-7-16(9-10)20(18,19)12-5-3-11(4-6-12)13(15)17/h3-6,10H,1-2,7-9,14H2,(H2,15,17). The van der Waals surface area contributed by atoms with E-state index >= 15 is 0 Å². The van der Waals surface area contributed by atoms with Gasteiger partial charge in [-0.25, -0.2) is 8.42 Å². The third kappa shape index (κ3) is 3.00. The molecule has 0 spiro atoms. The molecule has 1 aromatic carbocycles. The second kappa shape index (κ2) is 5.90. The summed E-state index contributed by atoms with van der Waals surface area (Å²) in [6.07, 6.45) is 1.78. The van der Waals surface area contributed by atoms with Gasteiger partial charge in [0.2, 0.25) is 15.9 Å². The first-order valence-corrected chi connectivity index (χ1v) is 7.99. The van der Waals surface area contributed by atoms with E-state index in [1.54, 1.807) is 0 Å². The number of carbonyl (C=O) groups excluding carboxylic acids is 1. The Bertz CT molecular complexity index is 583. The number of nitrogens with two attached hydrogens (primary N) is 2. The minimum Gasteiger partial charge on any atom is -0.366 e. The van der Waals surface area contributed by atoms with E-state index in [0.717, 1.165) is 12.8 Å². The Morgan fingerprint density at radius 3 is 2.50 bits per heavy atom. The molecule has 1 aliphatic rings. The molecule has 1 atom stereocenters. The van der Waals surface area contributed by atoms with E-state index in [4.69, 9.17) is 11.5 Å². The summed E-state index contributed by atoms with van der Waals surface area (Å²) in [4.78, 5) is 11.2. The van der Waals surface area contributed by atoms with Gasteiger partial charge in [0.1, 0.15) is 0 Å². The van der Waals surface area contributed by atoms with Crippen molar-refractivity contribution in [1.82, 2.24) is 4.31 Å². The number of carbonyl (C=O) groups is 1. The molecule has 1 saturated heterocycles. The molecule has 0 aliphatic carbocycles. The van der Waals surface area contributed by atoms with Crippen molar-refractivity contribution in [3.05, 3.63) is 29.8 Å². The maximum absolute atomic E-state index is 12.5. The van der Waals surface area contributed by atoms with Crippen LogP contribution in [0.4, 0.5) is 0 Å². The highest BCUT2D eigenvalue weighted by atomic mass is 32.2. The number of piperidine rings is 1. The third-order valence-corrected chi connectivity index (χ3v) is 5.47. The Kier molecular flexibility index (Phi) is 4.42. The second-order valence-corrected chi connectivity index (χ2v) is 6.93. The van der Waals surface area contributed by atoms with Crippen molar-refractivity contribution in [2.45, 2.75) is 17.7 Å². The summed E-state index contributed by atoms with van der Waals surface area (Å²) in [7, 11) is -3.52. The van der Waals surface area contributed by atoms with Gasteiger partial charge in [-0.3, -0.25) is 4.79 Å². The maximum atomic E-state index is 12.5. The SMILES string of the molecule is NCC1CCCN(S(=O)(=O)c2ccc(C(N)=O)cc2)C1. The second-order valence-electron chi connectivity index (χ2n) is 5.00. The van der Waals surface area contributed by atoms with Crippen molar-refractivity contribution in [3.63, 3.8) is 0 Å². The van der Waals surface area contributed by atoms with Gasteiger partial charge in [0.05, 0.1) is 4.90 Å². The predicted molar refractivity (Wildman–Crippen MR) is 75.5 cm³/mol. The van der Waals surface area contributed by atoms with Gasteiger partial charge in [-0.15, -0.1) is 0 Å². The van der Waals surface area contributed by atoms with Crippen LogP contribution in [-0.2, 0) is 10.0 Å². The number of amides is 1. The van der Waals surface area contributed by atoms with Crippen molar-refractivity contribution in [2.75, 3.05) is 19.6 Å². The summed E-state index contributed by atoms with van der Waals surface area (Å²) in [6.45, 7) is 1.46. The number of rotatable bonds is 4. The molecule has 20 heavy (non-hydrogen) atoms. The average Bonchev–Trinajstić information content (AvgIpc) is 2.47. The molecule has 0 bridgehead atoms. The summed E-state index contributed by atoms with van der Waals surface area (Å²) in [5, 5.41) is 0. The molecule has 4 N–H and O–H groups in total. The molecule has 0 aromatic heterocycles. The van der Waals surface area contributed by atoms with Crippen LogP contribution in [0.1, 0.15) is 23.2 Å². The van der Waals surface area contributed by atoms with Crippen LogP contribution >= 0.6 is 0 Å². The van der Waals surface area contributed by atoms with Crippen LogP contribution in [0.5, 0.6) is 0 Å². The first kappa shape index (κ1) is 15.0. The summed E-state index contributed by atoms with van der Waals surface area (Å²) < 4.78 is 26.5. The lowest BCUT2D eigenvalue weighted by Gasteiger charge is -2.31. The highest BCUT2D eigenvalue weighted by Gasteiger charge is 2.29. The summed E-state index contributed by atoms with van der Waals surface area (Å²) >= 11 is 0. The number of sulfonamides is 1. The quantitative estimate of drug-likeness (QED) is 0.824. The normalized spacial score (nSPS) is 20.8. The fourth-order valence-corrected chi connectivity index (χ4v) is 3.93. The van der Waals surface area contributed by atoms with Crippen LogP contribution < -0.4 is 11.5 Å². The lowest BCUT2D eigenvalue weighted by molar-refractivity contribution is 0.1000. The summed E-state index contributed by atoms with van der Waals surface area (Å²) in [5.74, 6) is -0.362. The Balaban J connectivity index is 2.23. The van der Waals surface area contributed by atoms with Gasteiger partial charge in [0.15, 0.2) is 0 Å². The Labute approximate surface area is 118 Å². The molecule has 1 heterocycles. The van der Waals surface area contributed by atoms with Gasteiger partial charge in [0.25, 0.3) is 0 Å². The molecule has 1 fully saturated rings. The molecule has 2 rings (SSSR count). The van der Waals surface area contributed by atoms with Crippen molar-refractivity contribution in [3.8, 4) is 0 Å². The van der Waals surface area contributed by atoms with Crippen molar-refractivity contribution < 1.29 is 13.2 Å². The Hall–Kier alpha value is -1.44. The number of hydrogen-bond donors (Lipinski definition) is 2. The van der Waals surface area contributed by atoms with E-state index in [1.807, 2.05) is 0 Å². The topological polar surface area (TPSA) is 106 Å². The molecule has 6 nitrogen and oxygen atoms in total. The van der Waals surface area contributed by atoms with Crippen molar-refractivity contribution in [2.24, 2.45) is 17.4 Å². The van der Waals surface area contributed by atoms with Gasteiger partial charge in [-0.05, 0) is 49.6 Å². The molecule has 1 unspecified atom stereocenters. The summed E-state index contributed by atoms with van der Waals surface area (Å²) in [5.41, 5.74) is 11.1. The zero-order valence-electron chi connectivity index (χ0n) is 11.2. The maximum Gasteiger partial charge on any atom is 0.248 e. The van der Waals surface area contributed by atoms with Crippen molar-refractivity contribution in [1.29, 1.82) is 0 Å². The first-order valence-electron chi connectivity index (χ1n) is 6.55. The average molecular weight is 297 g/mol. The highest BCUT2D eigenvalue weighted by Crippen LogP contribution is 2.23. The molecule has 7 heteroatoms. The first-order chi connectivity index (χ1) is 9.45. The Morgan fingerprint density at radius 1 is 1.30 bits per heavy atom. The number of hydrogen-bond acceptors (Lipinski definition) is 4. The van der Waals surface area contributed by atoms with E-state index in [0.29, 0.717) is 25.2 Å². The number of benzene rings is 1. The largest absolute Gasteiger partial charge is 0.366 e. The third-order valence-electron chi connectivity index (χ3n) is 3.59. The lowest BCUT2D eigenvalue weighted by atomic mass is 10.0. The van der Waals surface area contributed by atoms with Crippen LogP contribution in [0.2, 0.25) is 0 Å². The fourth-order valence-electron chi connectivity index (χ4n) is 2.38. The van der Waals surface area contributed by atoms with Crippen LogP contribution in [0, 0.1) is 5.92 Å². The van der Waals surface area contributed by atoms with Gasteiger partial charge >= 0.3 is 0 Å². The fraction of sp³-hybridized carbons (Fsp3) is 0.462. The summed E-state index contributed by atoms with van der Waals surface area (Å²) in [6, 6.07) is 5.70. The van der Waals surface area contributed by atoms with Crippen LogP contribution in [0.3, 0.4) is 0 Å². The van der Waals surface area contributed by atoms with Gasteiger partial charge in [-0.1, -0.05) is 0 Å². The monoisotopic (exact) mass is 297 g/mol. The molecular weight excluding hydrogens is 278 g/mol. The predicted octanol–water partition coefficient (Wildman–Crippen LogP) is 0.145. The van der Waals surface area contributed by atoms with E-state index < -0.39 is 15.9 Å². The molecule has 110 valence electrons. The molecule has 1 aromatic rings. The molecule has 0 radical (unpaired) electrons. The van der Waals surface area contributed by atoms with Crippen molar-refractivity contribution >= 4 is 15.9 Å². The van der Waals surface area contributed by atoms with E-state index in [2.05, 4.69) is 0 Å². The van der Waals surface area contributed by atoms with Gasteiger partial charge in [-0.2, -0.15) is 4.31 Å².